The third-order valence-corrected chi connectivity index (χ3v) is 3.61. The van der Waals surface area contributed by atoms with Crippen LogP contribution in [0.5, 0.6) is 0 Å². The van der Waals surface area contributed by atoms with E-state index in [1.165, 1.54) is 22.3 Å². The largest absolute Gasteiger partial charge is 0.300 e. The normalized spacial score (nSPS) is 12.0. The van der Waals surface area contributed by atoms with E-state index >= 15 is 0 Å². The van der Waals surface area contributed by atoms with E-state index in [4.69, 9.17) is 0 Å². The molecule has 1 amide bonds. The fraction of sp³-hybridized carbons (Fsp3) is 0.154. The van der Waals surface area contributed by atoms with E-state index in [0.717, 1.165) is 5.56 Å². The molecule has 0 aliphatic heterocycles. The summed E-state index contributed by atoms with van der Waals surface area (Å²) in [5, 5.41) is 16.2. The van der Waals surface area contributed by atoms with Crippen molar-refractivity contribution < 1.29 is 4.79 Å². The van der Waals surface area contributed by atoms with Gasteiger partial charge in [0.15, 0.2) is 5.13 Å². The molecule has 106 valence electrons. The zero-order valence-electron chi connectivity index (χ0n) is 11.0. The Balaban J connectivity index is 1.81. The SMILES string of the molecule is O=C(Nc1nccs1)C(Cc1ccccc1)n1cnnn1. The second kappa shape index (κ2) is 6.23. The van der Waals surface area contributed by atoms with Crippen LogP contribution >= 0.6 is 11.3 Å². The maximum absolute atomic E-state index is 12.5. The molecule has 0 spiro atoms. The minimum atomic E-state index is -0.522. The predicted octanol–water partition coefficient (Wildman–Crippen LogP) is 1.55. The molecule has 2 aromatic heterocycles. The van der Waals surface area contributed by atoms with Crippen molar-refractivity contribution in [2.24, 2.45) is 0 Å². The van der Waals surface area contributed by atoms with Crippen LogP contribution < -0.4 is 5.32 Å². The number of nitrogens with one attached hydrogen (secondary N) is 1. The fourth-order valence-corrected chi connectivity index (χ4v) is 2.46. The van der Waals surface area contributed by atoms with Gasteiger partial charge in [0.1, 0.15) is 12.4 Å². The number of rotatable bonds is 5. The number of thiazole rings is 1. The number of aromatic nitrogens is 5. The van der Waals surface area contributed by atoms with Crippen molar-refractivity contribution in [2.45, 2.75) is 12.5 Å². The summed E-state index contributed by atoms with van der Waals surface area (Å²) in [6.45, 7) is 0. The van der Waals surface area contributed by atoms with E-state index in [2.05, 4.69) is 25.8 Å². The second-order valence-corrected chi connectivity index (χ2v) is 5.22. The molecule has 1 unspecified atom stereocenters. The maximum Gasteiger partial charge on any atom is 0.251 e. The summed E-state index contributed by atoms with van der Waals surface area (Å²) in [5.74, 6) is -0.193. The van der Waals surface area contributed by atoms with Gasteiger partial charge in [0.05, 0.1) is 0 Å². The Morgan fingerprint density at radius 1 is 1.33 bits per heavy atom. The molecule has 0 aliphatic rings. The van der Waals surface area contributed by atoms with Gasteiger partial charge in [-0.25, -0.2) is 9.67 Å². The van der Waals surface area contributed by atoms with E-state index in [1.807, 2.05) is 30.3 Å². The molecule has 0 bridgehead atoms. The highest BCUT2D eigenvalue weighted by Crippen LogP contribution is 2.17. The molecule has 1 aromatic carbocycles. The van der Waals surface area contributed by atoms with E-state index < -0.39 is 6.04 Å². The number of hydrogen-bond donors (Lipinski definition) is 1. The van der Waals surface area contributed by atoms with Gasteiger partial charge < -0.3 is 5.32 Å². The Labute approximate surface area is 124 Å². The predicted molar refractivity (Wildman–Crippen MR) is 77.7 cm³/mol. The van der Waals surface area contributed by atoms with Crippen LogP contribution in [0.15, 0.2) is 48.2 Å². The standard InChI is InChI=1S/C13H12N6OS/c20-12(16-13-14-6-7-21-13)11(19-9-15-17-18-19)8-10-4-2-1-3-5-10/h1-7,9,11H,8H2,(H,14,16,20). The third kappa shape index (κ3) is 3.29. The van der Waals surface area contributed by atoms with Crippen LogP contribution in [0.1, 0.15) is 11.6 Å². The first kappa shape index (κ1) is 13.4. The molecule has 0 radical (unpaired) electrons. The van der Waals surface area contributed by atoms with Crippen LogP contribution in [0.25, 0.3) is 0 Å². The number of benzene rings is 1. The minimum absolute atomic E-state index is 0.193. The number of tetrazole rings is 1. The average molecular weight is 300 g/mol. The first-order chi connectivity index (χ1) is 10.3. The molecule has 1 N–H and O–H groups in total. The van der Waals surface area contributed by atoms with E-state index in [0.29, 0.717) is 11.6 Å². The quantitative estimate of drug-likeness (QED) is 0.772. The summed E-state index contributed by atoms with van der Waals surface area (Å²) >= 11 is 1.37. The van der Waals surface area contributed by atoms with Gasteiger partial charge in [-0.3, -0.25) is 4.79 Å². The molecule has 21 heavy (non-hydrogen) atoms. The van der Waals surface area contributed by atoms with E-state index in [9.17, 15) is 4.79 Å². The Hall–Kier alpha value is -2.61. The van der Waals surface area contributed by atoms with Crippen LogP contribution in [0.2, 0.25) is 0 Å². The van der Waals surface area contributed by atoms with Crippen molar-refractivity contribution in [2.75, 3.05) is 5.32 Å². The molecule has 0 fully saturated rings. The molecule has 1 atom stereocenters. The topological polar surface area (TPSA) is 85.6 Å². The van der Waals surface area contributed by atoms with Gasteiger partial charge in [-0.1, -0.05) is 30.3 Å². The first-order valence-corrected chi connectivity index (χ1v) is 7.17. The Morgan fingerprint density at radius 2 is 2.19 bits per heavy atom. The van der Waals surface area contributed by atoms with Crippen molar-refractivity contribution >= 4 is 22.4 Å². The lowest BCUT2D eigenvalue weighted by Crippen LogP contribution is -2.28. The molecule has 0 aliphatic carbocycles. The van der Waals surface area contributed by atoms with Gasteiger partial charge in [-0.15, -0.1) is 16.4 Å². The van der Waals surface area contributed by atoms with Gasteiger partial charge in [-0.05, 0) is 16.0 Å². The van der Waals surface area contributed by atoms with Crippen LogP contribution in [0.4, 0.5) is 5.13 Å². The lowest BCUT2D eigenvalue weighted by atomic mass is 10.1. The molecule has 3 aromatic rings. The summed E-state index contributed by atoms with van der Waals surface area (Å²) in [4.78, 5) is 16.5. The Kier molecular flexibility index (Phi) is 3.97. The molecule has 0 saturated carbocycles. The summed E-state index contributed by atoms with van der Waals surface area (Å²) < 4.78 is 1.45. The van der Waals surface area contributed by atoms with Gasteiger partial charge in [0.25, 0.3) is 5.91 Å². The van der Waals surface area contributed by atoms with Crippen molar-refractivity contribution in [3.63, 3.8) is 0 Å². The number of hydrogen-bond acceptors (Lipinski definition) is 6. The number of nitrogens with zero attached hydrogens (tertiary/aromatic N) is 5. The molecule has 0 saturated heterocycles. The van der Waals surface area contributed by atoms with Crippen molar-refractivity contribution in [1.29, 1.82) is 0 Å². The third-order valence-electron chi connectivity index (χ3n) is 2.92. The summed E-state index contributed by atoms with van der Waals surface area (Å²) in [5.41, 5.74) is 1.03. The van der Waals surface area contributed by atoms with E-state index in [-0.39, 0.29) is 5.91 Å². The number of carbonyl (C=O) groups excluding carboxylic acids is 1. The monoisotopic (exact) mass is 300 g/mol. The molecule has 2 heterocycles. The average Bonchev–Trinajstić information content (AvgIpc) is 3.19. The molecule has 8 heteroatoms. The van der Waals surface area contributed by atoms with Crippen LogP contribution in [0.3, 0.4) is 0 Å². The highest BCUT2D eigenvalue weighted by Gasteiger charge is 2.23. The lowest BCUT2D eigenvalue weighted by Gasteiger charge is -2.15. The Bertz CT molecular complexity index is 683. The molecule has 7 nitrogen and oxygen atoms in total. The van der Waals surface area contributed by atoms with Crippen LogP contribution in [0, 0.1) is 0 Å². The summed E-state index contributed by atoms with van der Waals surface area (Å²) in [7, 11) is 0. The zero-order valence-corrected chi connectivity index (χ0v) is 11.8. The first-order valence-electron chi connectivity index (χ1n) is 6.29. The number of anilines is 1. The molecule has 3 rings (SSSR count). The van der Waals surface area contributed by atoms with Crippen molar-refractivity contribution in [3.8, 4) is 0 Å². The minimum Gasteiger partial charge on any atom is -0.300 e. The number of carbonyl (C=O) groups is 1. The van der Waals surface area contributed by atoms with Crippen molar-refractivity contribution in [3.05, 3.63) is 53.8 Å². The summed E-state index contributed by atoms with van der Waals surface area (Å²) in [6, 6.07) is 9.22. The Morgan fingerprint density at radius 3 is 2.86 bits per heavy atom. The molecular weight excluding hydrogens is 288 g/mol. The maximum atomic E-state index is 12.5. The number of amides is 1. The van der Waals surface area contributed by atoms with Gasteiger partial charge in [0, 0.05) is 18.0 Å². The van der Waals surface area contributed by atoms with Gasteiger partial charge in [0.2, 0.25) is 0 Å². The summed E-state index contributed by atoms with van der Waals surface area (Å²) in [6.07, 6.45) is 3.58. The second-order valence-electron chi connectivity index (χ2n) is 4.32. The zero-order chi connectivity index (χ0) is 14.5. The molecular formula is C13H12N6OS. The smallest absolute Gasteiger partial charge is 0.251 e. The van der Waals surface area contributed by atoms with Crippen molar-refractivity contribution in [1.82, 2.24) is 25.2 Å². The van der Waals surface area contributed by atoms with Crippen LogP contribution in [-0.2, 0) is 11.2 Å². The van der Waals surface area contributed by atoms with Gasteiger partial charge >= 0.3 is 0 Å². The highest BCUT2D eigenvalue weighted by molar-refractivity contribution is 7.13. The van der Waals surface area contributed by atoms with E-state index in [1.54, 1.807) is 11.6 Å². The lowest BCUT2D eigenvalue weighted by molar-refractivity contribution is -0.119. The van der Waals surface area contributed by atoms with Gasteiger partial charge in [-0.2, -0.15) is 0 Å². The fourth-order valence-electron chi connectivity index (χ4n) is 1.93. The highest BCUT2D eigenvalue weighted by atomic mass is 32.1. The van der Waals surface area contributed by atoms with Crippen LogP contribution in [-0.4, -0.2) is 31.1 Å².